The van der Waals surface area contributed by atoms with Gasteiger partial charge in [0.2, 0.25) is 0 Å². The van der Waals surface area contributed by atoms with Crippen LogP contribution in [0.4, 0.5) is 0 Å². The first-order valence-electron chi connectivity index (χ1n) is 5.51. The molecule has 0 spiro atoms. The highest BCUT2D eigenvalue weighted by molar-refractivity contribution is 5.52. The molecular weight excluding hydrogens is 204 g/mol. The van der Waals surface area contributed by atoms with E-state index >= 15 is 0 Å². The van der Waals surface area contributed by atoms with Gasteiger partial charge in [-0.25, -0.2) is 0 Å². The molecule has 1 radical (unpaired) electrons. The lowest BCUT2D eigenvalue weighted by Crippen LogP contribution is -1.76. The van der Waals surface area contributed by atoms with Gasteiger partial charge in [-0.15, -0.1) is 0 Å². The molecule has 0 aliphatic rings. The summed E-state index contributed by atoms with van der Waals surface area (Å²) < 4.78 is 0. The maximum absolute atomic E-state index is 3.67. The van der Waals surface area contributed by atoms with Crippen molar-refractivity contribution < 1.29 is 0 Å². The van der Waals surface area contributed by atoms with Crippen molar-refractivity contribution in [1.29, 1.82) is 0 Å². The van der Waals surface area contributed by atoms with Gasteiger partial charge in [0.25, 0.3) is 0 Å². The highest BCUT2D eigenvalue weighted by Crippen LogP contribution is 2.05. The quantitative estimate of drug-likeness (QED) is 0.635. The maximum atomic E-state index is 3.67. The summed E-state index contributed by atoms with van der Waals surface area (Å²) >= 11 is 0. The van der Waals surface area contributed by atoms with Crippen molar-refractivity contribution in [2.75, 3.05) is 0 Å². The van der Waals surface area contributed by atoms with Gasteiger partial charge in [0.1, 0.15) is 0 Å². The minimum Gasteiger partial charge on any atom is -0.0836 e. The normalized spacial score (nSPS) is 9.94. The molecule has 81 valence electrons. The first-order valence-corrected chi connectivity index (χ1v) is 5.51. The molecule has 0 atom stereocenters. The first kappa shape index (κ1) is 11.2. The Labute approximate surface area is 103 Å². The van der Waals surface area contributed by atoms with Gasteiger partial charge in [-0.3, -0.25) is 0 Å². The minimum atomic E-state index is 1.02. The van der Waals surface area contributed by atoms with E-state index in [0.29, 0.717) is 0 Å². The van der Waals surface area contributed by atoms with Gasteiger partial charge in [0, 0.05) is 11.1 Å². The second kappa shape index (κ2) is 5.72. The standard InChI is InChI=1S/C17H13/c1-2-6-15-9-12-17(13-10-15)14-11-16-7-4-3-5-8-16/h2-10,12-13H,1H2/b6-2+. The Balaban J connectivity index is 2.17. The predicted octanol–water partition coefficient (Wildman–Crippen LogP) is 3.93. The molecule has 2 rings (SSSR count). The Kier molecular flexibility index (Phi) is 3.78. The van der Waals surface area contributed by atoms with Crippen LogP contribution in [0.1, 0.15) is 16.7 Å². The SMILES string of the molecule is [CH2]/C=C/c1ccc(C#Cc2ccccc2)cc1. The van der Waals surface area contributed by atoms with Crippen LogP contribution in [0.15, 0.2) is 60.7 Å². The Bertz CT molecular complexity index is 548. The summed E-state index contributed by atoms with van der Waals surface area (Å²) in [5.74, 6) is 6.27. The van der Waals surface area contributed by atoms with E-state index in [0.717, 1.165) is 16.7 Å². The van der Waals surface area contributed by atoms with Crippen LogP contribution < -0.4 is 0 Å². The number of benzene rings is 2. The van der Waals surface area contributed by atoms with Gasteiger partial charge in [0.05, 0.1) is 0 Å². The molecule has 0 saturated carbocycles. The van der Waals surface area contributed by atoms with Crippen molar-refractivity contribution in [2.24, 2.45) is 0 Å². The molecule has 0 heterocycles. The third-order valence-corrected chi connectivity index (χ3v) is 2.35. The molecule has 0 N–H and O–H groups in total. The molecule has 0 saturated heterocycles. The second-order valence-corrected chi connectivity index (χ2v) is 3.64. The molecule has 17 heavy (non-hydrogen) atoms. The summed E-state index contributed by atoms with van der Waals surface area (Å²) in [7, 11) is 0. The molecule has 0 fully saturated rings. The van der Waals surface area contributed by atoms with Gasteiger partial charge in [-0.05, 0) is 36.8 Å². The average Bonchev–Trinajstić information content (AvgIpc) is 2.40. The number of rotatable bonds is 1. The van der Waals surface area contributed by atoms with Crippen LogP contribution in [-0.4, -0.2) is 0 Å². The maximum Gasteiger partial charge on any atom is 0.0249 e. The molecule has 0 aromatic heterocycles. The average molecular weight is 217 g/mol. The third kappa shape index (κ3) is 3.36. The van der Waals surface area contributed by atoms with E-state index in [-0.39, 0.29) is 0 Å². The monoisotopic (exact) mass is 217 g/mol. The largest absolute Gasteiger partial charge is 0.0836 e. The molecule has 0 unspecified atom stereocenters. The van der Waals surface area contributed by atoms with Gasteiger partial charge < -0.3 is 0 Å². The van der Waals surface area contributed by atoms with Crippen molar-refractivity contribution in [3.05, 3.63) is 84.3 Å². The summed E-state index contributed by atoms with van der Waals surface area (Å²) in [6.07, 6.45) is 3.75. The molecule has 0 nitrogen and oxygen atoms in total. The molecule has 0 amide bonds. The van der Waals surface area contributed by atoms with Crippen molar-refractivity contribution in [2.45, 2.75) is 0 Å². The lowest BCUT2D eigenvalue weighted by atomic mass is 10.1. The van der Waals surface area contributed by atoms with Crippen molar-refractivity contribution in [3.63, 3.8) is 0 Å². The zero-order chi connectivity index (χ0) is 11.9. The molecule has 0 aliphatic carbocycles. The zero-order valence-corrected chi connectivity index (χ0v) is 9.56. The molecule has 0 bridgehead atoms. The van der Waals surface area contributed by atoms with Crippen molar-refractivity contribution >= 4 is 6.08 Å². The van der Waals surface area contributed by atoms with Crippen LogP contribution >= 0.6 is 0 Å². The van der Waals surface area contributed by atoms with E-state index in [1.807, 2.05) is 60.7 Å². The number of hydrogen-bond acceptors (Lipinski definition) is 0. The van der Waals surface area contributed by atoms with Crippen LogP contribution in [0.25, 0.3) is 6.08 Å². The highest BCUT2D eigenvalue weighted by Gasteiger charge is 1.88. The van der Waals surface area contributed by atoms with E-state index in [2.05, 4.69) is 18.8 Å². The van der Waals surface area contributed by atoms with Crippen LogP contribution in [-0.2, 0) is 0 Å². The topological polar surface area (TPSA) is 0 Å². The van der Waals surface area contributed by atoms with Gasteiger partial charge in [-0.1, -0.05) is 54.3 Å². The van der Waals surface area contributed by atoms with E-state index in [4.69, 9.17) is 0 Å². The van der Waals surface area contributed by atoms with E-state index < -0.39 is 0 Å². The summed E-state index contributed by atoms with van der Waals surface area (Å²) in [6.45, 7) is 3.67. The number of allylic oxidation sites excluding steroid dienone is 1. The van der Waals surface area contributed by atoms with Crippen LogP contribution in [0.2, 0.25) is 0 Å². The molecule has 0 heteroatoms. The van der Waals surface area contributed by atoms with E-state index in [1.54, 1.807) is 6.08 Å². The Morgan fingerprint density at radius 1 is 0.765 bits per heavy atom. The van der Waals surface area contributed by atoms with Crippen LogP contribution in [0, 0.1) is 18.8 Å². The Morgan fingerprint density at radius 3 is 1.94 bits per heavy atom. The lowest BCUT2D eigenvalue weighted by Gasteiger charge is -1.93. The molecule has 0 aliphatic heterocycles. The molecule has 2 aromatic carbocycles. The second-order valence-electron chi connectivity index (χ2n) is 3.64. The predicted molar refractivity (Wildman–Crippen MR) is 73.3 cm³/mol. The minimum absolute atomic E-state index is 1.02. The van der Waals surface area contributed by atoms with Crippen LogP contribution in [0.5, 0.6) is 0 Å². The summed E-state index contributed by atoms with van der Waals surface area (Å²) in [6, 6.07) is 18.1. The smallest absolute Gasteiger partial charge is 0.0249 e. The van der Waals surface area contributed by atoms with Crippen LogP contribution in [0.3, 0.4) is 0 Å². The highest BCUT2D eigenvalue weighted by atomic mass is 13.9. The fraction of sp³-hybridized carbons (Fsp3) is 0. The summed E-state index contributed by atoms with van der Waals surface area (Å²) in [5.41, 5.74) is 3.20. The lowest BCUT2D eigenvalue weighted by molar-refractivity contribution is 1.60. The van der Waals surface area contributed by atoms with Gasteiger partial charge in [0.15, 0.2) is 0 Å². The zero-order valence-electron chi connectivity index (χ0n) is 9.56. The van der Waals surface area contributed by atoms with Crippen molar-refractivity contribution in [1.82, 2.24) is 0 Å². The fourth-order valence-electron chi connectivity index (χ4n) is 1.48. The number of hydrogen-bond donors (Lipinski definition) is 0. The molecular formula is C17H13. The first-order chi connectivity index (χ1) is 8.38. The summed E-state index contributed by atoms with van der Waals surface area (Å²) in [4.78, 5) is 0. The molecule has 2 aromatic rings. The Hall–Kier alpha value is -2.26. The third-order valence-electron chi connectivity index (χ3n) is 2.35. The van der Waals surface area contributed by atoms with Crippen molar-refractivity contribution in [3.8, 4) is 11.8 Å². The van der Waals surface area contributed by atoms with E-state index in [1.165, 1.54) is 0 Å². The van der Waals surface area contributed by atoms with Gasteiger partial charge in [-0.2, -0.15) is 0 Å². The van der Waals surface area contributed by atoms with E-state index in [9.17, 15) is 0 Å². The van der Waals surface area contributed by atoms with Gasteiger partial charge >= 0.3 is 0 Å². The fourth-order valence-corrected chi connectivity index (χ4v) is 1.48. The Morgan fingerprint density at radius 2 is 1.35 bits per heavy atom. The summed E-state index contributed by atoms with van der Waals surface area (Å²) in [5, 5.41) is 0.